The predicted octanol–water partition coefficient (Wildman–Crippen LogP) is 4.19. The first-order valence-corrected chi connectivity index (χ1v) is 6.53. The highest BCUT2D eigenvalue weighted by atomic mass is 19.3. The maximum Gasteiger partial charge on any atom is 0.263 e. The zero-order valence-corrected chi connectivity index (χ0v) is 11.6. The maximum atomic E-state index is 12.4. The van der Waals surface area contributed by atoms with Crippen LogP contribution >= 0.6 is 0 Å². The number of benzene rings is 2. The molecule has 0 spiro atoms. The third-order valence-corrected chi connectivity index (χ3v) is 2.91. The Morgan fingerprint density at radius 1 is 1.10 bits per heavy atom. The number of alkyl halides is 2. The van der Waals surface area contributed by atoms with Gasteiger partial charge < -0.3 is 10.6 Å². The molecule has 0 fully saturated rings. The predicted molar refractivity (Wildman–Crippen MR) is 79.5 cm³/mol. The fourth-order valence-corrected chi connectivity index (χ4v) is 1.90. The molecule has 2 aromatic rings. The van der Waals surface area contributed by atoms with Crippen molar-refractivity contribution in [2.75, 3.05) is 10.6 Å². The SMILES string of the molecule is CC(=O)Nc1cccc(NCc2ccc(C(F)F)cc2)c1. The lowest BCUT2D eigenvalue weighted by molar-refractivity contribution is -0.114. The van der Waals surface area contributed by atoms with Gasteiger partial charge in [0.2, 0.25) is 5.91 Å². The number of rotatable bonds is 5. The topological polar surface area (TPSA) is 41.1 Å². The summed E-state index contributed by atoms with van der Waals surface area (Å²) in [6.45, 7) is 1.97. The average molecular weight is 290 g/mol. The van der Waals surface area contributed by atoms with E-state index in [2.05, 4.69) is 10.6 Å². The van der Waals surface area contributed by atoms with Crippen LogP contribution in [-0.2, 0) is 11.3 Å². The molecule has 3 nitrogen and oxygen atoms in total. The molecule has 0 saturated carbocycles. The summed E-state index contributed by atoms with van der Waals surface area (Å²) in [5.41, 5.74) is 2.48. The summed E-state index contributed by atoms with van der Waals surface area (Å²) in [7, 11) is 0. The molecule has 21 heavy (non-hydrogen) atoms. The summed E-state index contributed by atoms with van der Waals surface area (Å²) in [5, 5.41) is 5.89. The molecule has 0 heterocycles. The van der Waals surface area contributed by atoms with Gasteiger partial charge in [-0.3, -0.25) is 4.79 Å². The molecular weight excluding hydrogens is 274 g/mol. The molecule has 0 unspecified atom stereocenters. The molecule has 1 amide bonds. The van der Waals surface area contributed by atoms with Crippen LogP contribution in [0.25, 0.3) is 0 Å². The summed E-state index contributed by atoms with van der Waals surface area (Å²) in [6.07, 6.45) is -2.44. The van der Waals surface area contributed by atoms with Crippen molar-refractivity contribution in [3.8, 4) is 0 Å². The first kappa shape index (κ1) is 15.0. The van der Waals surface area contributed by atoms with Crippen LogP contribution in [0.2, 0.25) is 0 Å². The second kappa shape index (κ2) is 6.83. The van der Waals surface area contributed by atoms with E-state index in [1.54, 1.807) is 18.2 Å². The number of anilines is 2. The Kier molecular flexibility index (Phi) is 4.87. The molecule has 2 rings (SSSR count). The minimum atomic E-state index is -2.44. The molecule has 5 heteroatoms. The summed E-state index contributed by atoms with van der Waals surface area (Å²) < 4.78 is 24.9. The standard InChI is InChI=1S/C16H16F2N2O/c1-11(21)20-15-4-2-3-14(9-15)19-10-12-5-7-13(8-6-12)16(17)18/h2-9,16,19H,10H2,1H3,(H,20,21). The number of halogens is 2. The summed E-state index contributed by atoms with van der Waals surface area (Å²) in [4.78, 5) is 11.0. The van der Waals surface area contributed by atoms with E-state index < -0.39 is 6.43 Å². The Balaban J connectivity index is 1.97. The highest BCUT2D eigenvalue weighted by molar-refractivity contribution is 5.89. The van der Waals surface area contributed by atoms with Gasteiger partial charge in [0.1, 0.15) is 0 Å². The third-order valence-electron chi connectivity index (χ3n) is 2.91. The van der Waals surface area contributed by atoms with Crippen LogP contribution < -0.4 is 10.6 Å². The fraction of sp³-hybridized carbons (Fsp3) is 0.188. The van der Waals surface area contributed by atoms with Crippen LogP contribution in [0.1, 0.15) is 24.5 Å². The van der Waals surface area contributed by atoms with Crippen molar-refractivity contribution >= 4 is 17.3 Å². The third kappa shape index (κ3) is 4.56. The number of hydrogen-bond acceptors (Lipinski definition) is 2. The normalized spacial score (nSPS) is 10.5. The molecule has 2 aromatic carbocycles. The van der Waals surface area contributed by atoms with Crippen molar-refractivity contribution in [2.24, 2.45) is 0 Å². The van der Waals surface area contributed by atoms with Gasteiger partial charge in [0, 0.05) is 30.4 Å². The highest BCUT2D eigenvalue weighted by Crippen LogP contribution is 2.20. The van der Waals surface area contributed by atoms with Gasteiger partial charge in [0.25, 0.3) is 6.43 Å². The van der Waals surface area contributed by atoms with Crippen molar-refractivity contribution in [3.63, 3.8) is 0 Å². The maximum absolute atomic E-state index is 12.4. The van der Waals surface area contributed by atoms with Crippen molar-refractivity contribution in [1.29, 1.82) is 0 Å². The van der Waals surface area contributed by atoms with Gasteiger partial charge in [0.15, 0.2) is 0 Å². The van der Waals surface area contributed by atoms with Crippen molar-refractivity contribution in [2.45, 2.75) is 19.9 Å². The number of amides is 1. The van der Waals surface area contributed by atoms with E-state index in [4.69, 9.17) is 0 Å². The number of nitrogens with one attached hydrogen (secondary N) is 2. The zero-order valence-electron chi connectivity index (χ0n) is 11.6. The van der Waals surface area contributed by atoms with E-state index in [1.807, 2.05) is 18.2 Å². The molecule has 110 valence electrons. The fourth-order valence-electron chi connectivity index (χ4n) is 1.90. The molecule has 0 bridgehead atoms. The molecule has 0 saturated heterocycles. The van der Waals surface area contributed by atoms with Gasteiger partial charge in [-0.15, -0.1) is 0 Å². The average Bonchev–Trinajstić information content (AvgIpc) is 2.45. The minimum absolute atomic E-state index is 0.0198. The lowest BCUT2D eigenvalue weighted by Crippen LogP contribution is -2.06. The van der Waals surface area contributed by atoms with Crippen LogP contribution in [0.5, 0.6) is 0 Å². The monoisotopic (exact) mass is 290 g/mol. The largest absolute Gasteiger partial charge is 0.381 e. The van der Waals surface area contributed by atoms with Gasteiger partial charge in [-0.25, -0.2) is 8.78 Å². The van der Waals surface area contributed by atoms with Crippen molar-refractivity contribution in [3.05, 3.63) is 59.7 Å². The van der Waals surface area contributed by atoms with E-state index in [-0.39, 0.29) is 11.5 Å². The van der Waals surface area contributed by atoms with Gasteiger partial charge in [-0.2, -0.15) is 0 Å². The van der Waals surface area contributed by atoms with Crippen LogP contribution in [-0.4, -0.2) is 5.91 Å². The first-order chi connectivity index (χ1) is 10.0. The van der Waals surface area contributed by atoms with E-state index >= 15 is 0 Å². The van der Waals surface area contributed by atoms with Gasteiger partial charge in [0.05, 0.1) is 0 Å². The number of hydrogen-bond donors (Lipinski definition) is 2. The second-order valence-corrected chi connectivity index (χ2v) is 4.66. The Morgan fingerprint density at radius 2 is 1.76 bits per heavy atom. The van der Waals surface area contributed by atoms with Crippen LogP contribution in [0.4, 0.5) is 20.2 Å². The Labute approximate surface area is 122 Å². The quantitative estimate of drug-likeness (QED) is 0.866. The molecule has 0 atom stereocenters. The molecule has 2 N–H and O–H groups in total. The lowest BCUT2D eigenvalue weighted by atomic mass is 10.1. The number of carbonyl (C=O) groups excluding carboxylic acids is 1. The second-order valence-electron chi connectivity index (χ2n) is 4.66. The summed E-state index contributed by atoms with van der Waals surface area (Å²) in [5.74, 6) is -0.130. The van der Waals surface area contributed by atoms with E-state index in [0.29, 0.717) is 12.2 Å². The summed E-state index contributed by atoms with van der Waals surface area (Å²) in [6, 6.07) is 13.5. The Morgan fingerprint density at radius 3 is 2.38 bits per heavy atom. The highest BCUT2D eigenvalue weighted by Gasteiger charge is 2.05. The van der Waals surface area contributed by atoms with E-state index in [0.717, 1.165) is 11.3 Å². The minimum Gasteiger partial charge on any atom is -0.381 e. The molecular formula is C16H16F2N2O. The molecule has 0 aromatic heterocycles. The lowest BCUT2D eigenvalue weighted by Gasteiger charge is -2.09. The molecule has 0 aliphatic heterocycles. The summed E-state index contributed by atoms with van der Waals surface area (Å²) >= 11 is 0. The molecule has 0 radical (unpaired) electrons. The zero-order chi connectivity index (χ0) is 15.2. The van der Waals surface area contributed by atoms with Crippen molar-refractivity contribution < 1.29 is 13.6 Å². The molecule has 0 aliphatic carbocycles. The van der Waals surface area contributed by atoms with Gasteiger partial charge >= 0.3 is 0 Å². The molecule has 0 aliphatic rings. The number of carbonyl (C=O) groups is 1. The van der Waals surface area contributed by atoms with Crippen LogP contribution in [0, 0.1) is 0 Å². The van der Waals surface area contributed by atoms with Crippen LogP contribution in [0.3, 0.4) is 0 Å². The Bertz CT molecular complexity index is 612. The van der Waals surface area contributed by atoms with E-state index in [1.165, 1.54) is 19.1 Å². The van der Waals surface area contributed by atoms with Crippen molar-refractivity contribution in [1.82, 2.24) is 0 Å². The van der Waals surface area contributed by atoms with Gasteiger partial charge in [-0.05, 0) is 23.8 Å². The van der Waals surface area contributed by atoms with Gasteiger partial charge in [-0.1, -0.05) is 30.3 Å². The van der Waals surface area contributed by atoms with Crippen LogP contribution in [0.15, 0.2) is 48.5 Å². The Hall–Kier alpha value is -2.43. The smallest absolute Gasteiger partial charge is 0.263 e. The van der Waals surface area contributed by atoms with E-state index in [9.17, 15) is 13.6 Å². The first-order valence-electron chi connectivity index (χ1n) is 6.53.